The van der Waals surface area contributed by atoms with E-state index in [-0.39, 0.29) is 11.8 Å². The molecule has 0 heterocycles. The average Bonchev–Trinajstić information content (AvgIpc) is 3.21. The number of nitrogens with one attached hydrogen (secondary N) is 1. The predicted octanol–water partition coefficient (Wildman–Crippen LogP) is 2.45. The van der Waals surface area contributed by atoms with Crippen molar-refractivity contribution in [3.05, 3.63) is 35.9 Å². The molecule has 104 valence electrons. The Morgan fingerprint density at radius 1 is 1.37 bits per heavy atom. The van der Waals surface area contributed by atoms with Gasteiger partial charge in [-0.25, -0.2) is 0 Å². The van der Waals surface area contributed by atoms with Crippen molar-refractivity contribution >= 4 is 5.91 Å². The van der Waals surface area contributed by atoms with Crippen LogP contribution in [0.4, 0.5) is 0 Å². The van der Waals surface area contributed by atoms with Gasteiger partial charge in [0.1, 0.15) is 5.60 Å². The van der Waals surface area contributed by atoms with Crippen molar-refractivity contribution < 1.29 is 9.90 Å². The van der Waals surface area contributed by atoms with Crippen molar-refractivity contribution in [1.29, 1.82) is 0 Å². The molecule has 0 spiro atoms. The molecule has 1 aliphatic rings. The molecule has 1 atom stereocenters. The third-order valence-electron chi connectivity index (χ3n) is 3.68. The summed E-state index contributed by atoms with van der Waals surface area (Å²) in [6.45, 7) is 4.35. The molecular weight excluding hydrogens is 238 g/mol. The van der Waals surface area contributed by atoms with Crippen molar-refractivity contribution in [3.63, 3.8) is 0 Å². The zero-order valence-electron chi connectivity index (χ0n) is 11.7. The van der Waals surface area contributed by atoms with E-state index < -0.39 is 5.60 Å². The van der Waals surface area contributed by atoms with Crippen LogP contribution >= 0.6 is 0 Å². The van der Waals surface area contributed by atoms with Gasteiger partial charge in [0, 0.05) is 6.42 Å². The van der Waals surface area contributed by atoms with Gasteiger partial charge in [-0.3, -0.25) is 4.79 Å². The first-order valence-corrected chi connectivity index (χ1v) is 7.07. The molecule has 3 heteroatoms. The third kappa shape index (κ3) is 3.57. The highest BCUT2D eigenvalue weighted by Gasteiger charge is 2.45. The average molecular weight is 261 g/mol. The van der Waals surface area contributed by atoms with E-state index in [0.29, 0.717) is 18.9 Å². The van der Waals surface area contributed by atoms with Crippen LogP contribution in [-0.4, -0.2) is 17.6 Å². The van der Waals surface area contributed by atoms with E-state index in [0.717, 1.165) is 18.4 Å². The lowest BCUT2D eigenvalue weighted by Gasteiger charge is -2.29. The van der Waals surface area contributed by atoms with Gasteiger partial charge >= 0.3 is 0 Å². The van der Waals surface area contributed by atoms with Crippen molar-refractivity contribution in [3.8, 4) is 0 Å². The molecule has 0 bridgehead atoms. The molecule has 0 aliphatic heterocycles. The maximum Gasteiger partial charge on any atom is 0.220 e. The number of amides is 1. The van der Waals surface area contributed by atoms with Crippen LogP contribution in [0.3, 0.4) is 0 Å². The van der Waals surface area contributed by atoms with E-state index in [2.05, 4.69) is 5.32 Å². The minimum Gasteiger partial charge on any atom is -0.383 e. The molecule has 19 heavy (non-hydrogen) atoms. The molecule has 0 radical (unpaired) electrons. The molecule has 2 rings (SSSR count). The number of carbonyl (C=O) groups excluding carboxylic acids is 1. The fraction of sp³-hybridized carbons (Fsp3) is 0.562. The Balaban J connectivity index is 2.03. The quantitative estimate of drug-likeness (QED) is 0.826. The summed E-state index contributed by atoms with van der Waals surface area (Å²) in [5.41, 5.74) is -0.00388. The van der Waals surface area contributed by atoms with Gasteiger partial charge < -0.3 is 10.4 Å². The summed E-state index contributed by atoms with van der Waals surface area (Å²) in [6, 6.07) is 9.67. The lowest BCUT2D eigenvalue weighted by Crippen LogP contribution is -2.42. The second kappa shape index (κ2) is 5.74. The van der Waals surface area contributed by atoms with Crippen LogP contribution in [0, 0.1) is 11.8 Å². The molecule has 1 saturated carbocycles. The Morgan fingerprint density at radius 3 is 2.53 bits per heavy atom. The zero-order chi connectivity index (χ0) is 13.9. The largest absolute Gasteiger partial charge is 0.383 e. The van der Waals surface area contributed by atoms with Gasteiger partial charge in [0.15, 0.2) is 0 Å². The summed E-state index contributed by atoms with van der Waals surface area (Å²) >= 11 is 0. The van der Waals surface area contributed by atoms with Crippen molar-refractivity contribution in [2.45, 2.75) is 38.7 Å². The normalized spacial score (nSPS) is 18.1. The minimum atomic E-state index is -0.909. The minimum absolute atomic E-state index is 0.0185. The van der Waals surface area contributed by atoms with Crippen molar-refractivity contribution in [1.82, 2.24) is 5.32 Å². The topological polar surface area (TPSA) is 49.3 Å². The fourth-order valence-corrected chi connectivity index (χ4v) is 2.45. The Labute approximate surface area is 115 Å². The lowest BCUT2D eigenvalue weighted by molar-refractivity contribution is -0.123. The molecule has 2 N–H and O–H groups in total. The summed E-state index contributed by atoms with van der Waals surface area (Å²) < 4.78 is 0. The third-order valence-corrected chi connectivity index (χ3v) is 3.68. The fourth-order valence-electron chi connectivity index (χ4n) is 2.45. The maximum absolute atomic E-state index is 11.8. The molecule has 1 unspecified atom stereocenters. The van der Waals surface area contributed by atoms with E-state index in [1.807, 2.05) is 44.2 Å². The van der Waals surface area contributed by atoms with Gasteiger partial charge in [-0.05, 0) is 30.2 Å². The second-order valence-electron chi connectivity index (χ2n) is 5.94. The number of benzene rings is 1. The van der Waals surface area contributed by atoms with Crippen LogP contribution in [0.2, 0.25) is 0 Å². The summed E-state index contributed by atoms with van der Waals surface area (Å²) in [5, 5.41) is 13.8. The van der Waals surface area contributed by atoms with Gasteiger partial charge in [0.05, 0.1) is 6.54 Å². The smallest absolute Gasteiger partial charge is 0.220 e. The molecule has 0 aromatic heterocycles. The second-order valence-corrected chi connectivity index (χ2v) is 5.94. The lowest BCUT2D eigenvalue weighted by atomic mass is 9.88. The van der Waals surface area contributed by atoms with Gasteiger partial charge in [-0.2, -0.15) is 0 Å². The maximum atomic E-state index is 11.8. The van der Waals surface area contributed by atoms with Crippen LogP contribution in [-0.2, 0) is 10.4 Å². The summed E-state index contributed by atoms with van der Waals surface area (Å²) in [6.07, 6.45) is 2.58. The van der Waals surface area contributed by atoms with E-state index in [1.165, 1.54) is 0 Å². The number of carbonyl (C=O) groups is 1. The standard InChI is InChI=1S/C16H23NO2/c1-12(2)10-15(18)17-11-16(19,14-8-9-14)13-6-4-3-5-7-13/h3-7,12,14,19H,8-11H2,1-2H3,(H,17,18). The highest BCUT2D eigenvalue weighted by molar-refractivity contribution is 5.76. The molecule has 3 nitrogen and oxygen atoms in total. The van der Waals surface area contributed by atoms with Crippen LogP contribution < -0.4 is 5.32 Å². The van der Waals surface area contributed by atoms with Crippen LogP contribution in [0.25, 0.3) is 0 Å². The van der Waals surface area contributed by atoms with Gasteiger partial charge in [-0.15, -0.1) is 0 Å². The van der Waals surface area contributed by atoms with Crippen molar-refractivity contribution in [2.24, 2.45) is 11.8 Å². The molecule has 1 aromatic carbocycles. The van der Waals surface area contributed by atoms with Crippen molar-refractivity contribution in [2.75, 3.05) is 6.54 Å². The summed E-state index contributed by atoms with van der Waals surface area (Å²) in [4.78, 5) is 11.8. The SMILES string of the molecule is CC(C)CC(=O)NCC(O)(c1ccccc1)C1CC1. The van der Waals surface area contributed by atoms with Crippen LogP contribution in [0.15, 0.2) is 30.3 Å². The highest BCUT2D eigenvalue weighted by atomic mass is 16.3. The summed E-state index contributed by atoms with van der Waals surface area (Å²) in [7, 11) is 0. The van der Waals surface area contributed by atoms with Crippen LogP contribution in [0.1, 0.15) is 38.7 Å². The Morgan fingerprint density at radius 2 is 2.00 bits per heavy atom. The Kier molecular flexibility index (Phi) is 4.25. The zero-order valence-corrected chi connectivity index (χ0v) is 11.7. The van der Waals surface area contributed by atoms with Gasteiger partial charge in [-0.1, -0.05) is 44.2 Å². The van der Waals surface area contributed by atoms with Gasteiger partial charge in [0.25, 0.3) is 0 Å². The number of aliphatic hydroxyl groups is 1. The Hall–Kier alpha value is -1.35. The monoisotopic (exact) mass is 261 g/mol. The molecule has 0 saturated heterocycles. The predicted molar refractivity (Wildman–Crippen MR) is 75.5 cm³/mol. The number of hydrogen-bond acceptors (Lipinski definition) is 2. The first-order valence-electron chi connectivity index (χ1n) is 7.07. The molecule has 1 aliphatic carbocycles. The molecular formula is C16H23NO2. The van der Waals surface area contributed by atoms with Crippen LogP contribution in [0.5, 0.6) is 0 Å². The molecule has 1 aromatic rings. The first kappa shape index (κ1) is 14.1. The molecule has 1 amide bonds. The Bertz CT molecular complexity index is 426. The number of rotatable bonds is 6. The molecule has 1 fully saturated rings. The van der Waals surface area contributed by atoms with Gasteiger partial charge in [0.2, 0.25) is 5.91 Å². The highest BCUT2D eigenvalue weighted by Crippen LogP contribution is 2.45. The van der Waals surface area contributed by atoms with E-state index >= 15 is 0 Å². The van der Waals surface area contributed by atoms with E-state index in [4.69, 9.17) is 0 Å². The first-order chi connectivity index (χ1) is 9.02. The summed E-state index contributed by atoms with van der Waals surface area (Å²) in [5.74, 6) is 0.630. The number of hydrogen-bond donors (Lipinski definition) is 2. The van der Waals surface area contributed by atoms with E-state index in [1.54, 1.807) is 0 Å². The van der Waals surface area contributed by atoms with E-state index in [9.17, 15) is 9.90 Å².